The SMILES string of the molecule is CC(C)(C)OC(=O)N1CCC2(CC1)CC(n1cc(Br)cn1)C2. The lowest BCUT2D eigenvalue weighted by Gasteiger charge is -2.52. The minimum atomic E-state index is -0.415. The van der Waals surface area contributed by atoms with E-state index in [4.69, 9.17) is 4.74 Å². The first-order chi connectivity index (χ1) is 10.3. The van der Waals surface area contributed by atoms with Crippen molar-refractivity contribution in [3.05, 3.63) is 16.9 Å². The average Bonchev–Trinajstić information content (AvgIpc) is 2.80. The molecule has 1 aromatic heterocycles. The molecule has 0 N–H and O–H groups in total. The number of hydrogen-bond acceptors (Lipinski definition) is 3. The highest BCUT2D eigenvalue weighted by Crippen LogP contribution is 2.54. The smallest absolute Gasteiger partial charge is 0.410 e. The Balaban J connectivity index is 1.50. The predicted octanol–water partition coefficient (Wildman–Crippen LogP) is 4.00. The van der Waals surface area contributed by atoms with E-state index in [0.29, 0.717) is 11.5 Å². The van der Waals surface area contributed by atoms with Crippen LogP contribution >= 0.6 is 15.9 Å². The van der Waals surface area contributed by atoms with Crippen LogP contribution in [-0.2, 0) is 4.74 Å². The number of carbonyl (C=O) groups is 1. The van der Waals surface area contributed by atoms with Crippen molar-refractivity contribution >= 4 is 22.0 Å². The van der Waals surface area contributed by atoms with E-state index in [2.05, 4.69) is 25.7 Å². The van der Waals surface area contributed by atoms with Crippen LogP contribution in [0.5, 0.6) is 0 Å². The summed E-state index contributed by atoms with van der Waals surface area (Å²) in [5.41, 5.74) is -0.0110. The lowest BCUT2D eigenvalue weighted by Crippen LogP contribution is -2.50. The molecule has 5 nitrogen and oxygen atoms in total. The Morgan fingerprint density at radius 2 is 2.00 bits per heavy atom. The molecule has 1 aromatic rings. The van der Waals surface area contributed by atoms with Gasteiger partial charge in [0, 0.05) is 19.3 Å². The number of aromatic nitrogens is 2. The van der Waals surface area contributed by atoms with E-state index in [0.717, 1.165) is 30.4 Å². The van der Waals surface area contributed by atoms with E-state index < -0.39 is 5.60 Å². The van der Waals surface area contributed by atoms with Crippen LogP contribution in [0.3, 0.4) is 0 Å². The van der Waals surface area contributed by atoms with Gasteiger partial charge in [0.1, 0.15) is 5.60 Å². The number of rotatable bonds is 1. The van der Waals surface area contributed by atoms with Gasteiger partial charge in [-0.1, -0.05) is 0 Å². The molecule has 1 aliphatic heterocycles. The molecule has 1 amide bonds. The normalized spacial score (nSPS) is 21.7. The van der Waals surface area contributed by atoms with E-state index in [-0.39, 0.29) is 6.09 Å². The Bertz CT molecular complexity index is 548. The van der Waals surface area contributed by atoms with Crippen LogP contribution in [0.1, 0.15) is 52.5 Å². The fourth-order valence-corrected chi connectivity index (χ4v) is 3.84. The number of halogens is 1. The van der Waals surface area contributed by atoms with Gasteiger partial charge in [-0.2, -0.15) is 5.10 Å². The second-order valence-corrected chi connectivity index (χ2v) is 8.58. The van der Waals surface area contributed by atoms with Crippen LogP contribution < -0.4 is 0 Å². The third-order valence-corrected chi connectivity index (χ3v) is 5.17. The molecule has 0 radical (unpaired) electrons. The van der Waals surface area contributed by atoms with Gasteiger partial charge >= 0.3 is 6.09 Å². The highest BCUT2D eigenvalue weighted by atomic mass is 79.9. The van der Waals surface area contributed by atoms with Crippen molar-refractivity contribution in [2.75, 3.05) is 13.1 Å². The first-order valence-electron chi connectivity index (χ1n) is 7.94. The summed E-state index contributed by atoms with van der Waals surface area (Å²) in [7, 11) is 0. The maximum Gasteiger partial charge on any atom is 0.410 e. The fourth-order valence-electron chi connectivity index (χ4n) is 3.54. The van der Waals surface area contributed by atoms with Crippen molar-refractivity contribution < 1.29 is 9.53 Å². The molecule has 2 aliphatic rings. The molecule has 0 atom stereocenters. The molecule has 2 fully saturated rings. The maximum atomic E-state index is 12.1. The Hall–Kier alpha value is -1.04. The summed E-state index contributed by atoms with van der Waals surface area (Å²) in [6.45, 7) is 7.36. The van der Waals surface area contributed by atoms with Crippen LogP contribution in [-0.4, -0.2) is 39.5 Å². The van der Waals surface area contributed by atoms with Gasteiger partial charge in [0.05, 0.1) is 16.7 Å². The van der Waals surface area contributed by atoms with E-state index in [1.54, 1.807) is 0 Å². The molecule has 6 heteroatoms. The molecule has 122 valence electrons. The number of hydrogen-bond donors (Lipinski definition) is 0. The summed E-state index contributed by atoms with van der Waals surface area (Å²) < 4.78 is 8.56. The van der Waals surface area contributed by atoms with Gasteiger partial charge in [-0.15, -0.1) is 0 Å². The molecule has 1 spiro atoms. The second kappa shape index (κ2) is 5.55. The van der Waals surface area contributed by atoms with Crippen LogP contribution in [0.15, 0.2) is 16.9 Å². The van der Waals surface area contributed by atoms with Crippen LogP contribution in [0.2, 0.25) is 0 Å². The van der Waals surface area contributed by atoms with Crippen molar-refractivity contribution in [3.63, 3.8) is 0 Å². The molecular formula is C16H24BrN3O2. The summed E-state index contributed by atoms with van der Waals surface area (Å²) in [6.07, 6.45) is 8.21. The number of piperidine rings is 1. The van der Waals surface area contributed by atoms with Crippen molar-refractivity contribution in [1.29, 1.82) is 0 Å². The highest BCUT2D eigenvalue weighted by molar-refractivity contribution is 9.10. The average molecular weight is 370 g/mol. The third kappa shape index (κ3) is 3.31. The molecule has 0 unspecified atom stereocenters. The number of likely N-dealkylation sites (tertiary alicyclic amines) is 1. The third-order valence-electron chi connectivity index (χ3n) is 4.76. The van der Waals surface area contributed by atoms with Crippen LogP contribution in [0, 0.1) is 5.41 Å². The van der Waals surface area contributed by atoms with Gasteiger partial charge in [-0.3, -0.25) is 4.68 Å². The van der Waals surface area contributed by atoms with Crippen molar-refractivity contribution in [1.82, 2.24) is 14.7 Å². The van der Waals surface area contributed by atoms with Crippen molar-refractivity contribution in [3.8, 4) is 0 Å². The van der Waals surface area contributed by atoms with E-state index >= 15 is 0 Å². The quantitative estimate of drug-likeness (QED) is 0.751. The molecule has 1 saturated carbocycles. The number of carbonyl (C=O) groups excluding carboxylic acids is 1. The molecule has 0 aromatic carbocycles. The monoisotopic (exact) mass is 369 g/mol. The molecular weight excluding hydrogens is 346 g/mol. The number of nitrogens with zero attached hydrogens (tertiary/aromatic N) is 3. The Morgan fingerprint density at radius 1 is 1.36 bits per heavy atom. The summed E-state index contributed by atoms with van der Waals surface area (Å²) in [5, 5.41) is 4.38. The zero-order valence-corrected chi connectivity index (χ0v) is 15.1. The van der Waals surface area contributed by atoms with E-state index in [1.807, 2.05) is 38.1 Å². The Kier molecular flexibility index (Phi) is 4.00. The molecule has 2 heterocycles. The maximum absolute atomic E-state index is 12.1. The molecule has 1 saturated heterocycles. The van der Waals surface area contributed by atoms with Gasteiger partial charge in [-0.05, 0) is 67.8 Å². The zero-order chi connectivity index (χ0) is 16.0. The van der Waals surface area contributed by atoms with E-state index in [1.165, 1.54) is 12.8 Å². The van der Waals surface area contributed by atoms with Crippen LogP contribution in [0.4, 0.5) is 4.79 Å². The first kappa shape index (κ1) is 15.8. The summed E-state index contributed by atoms with van der Waals surface area (Å²) in [4.78, 5) is 14.0. The van der Waals surface area contributed by atoms with Gasteiger partial charge in [-0.25, -0.2) is 4.79 Å². The Morgan fingerprint density at radius 3 is 2.50 bits per heavy atom. The lowest BCUT2D eigenvalue weighted by molar-refractivity contribution is -0.0258. The largest absolute Gasteiger partial charge is 0.444 e. The predicted molar refractivity (Wildman–Crippen MR) is 87.7 cm³/mol. The number of amides is 1. The van der Waals surface area contributed by atoms with Crippen molar-refractivity contribution in [2.45, 2.75) is 58.1 Å². The van der Waals surface area contributed by atoms with Gasteiger partial charge in [0.15, 0.2) is 0 Å². The summed E-state index contributed by atoms with van der Waals surface area (Å²) in [5.74, 6) is 0. The molecule has 0 bridgehead atoms. The fraction of sp³-hybridized carbons (Fsp3) is 0.750. The second-order valence-electron chi connectivity index (χ2n) is 7.67. The Labute approximate surface area is 140 Å². The standard InChI is InChI=1S/C16H24BrN3O2/c1-15(2,3)22-14(21)19-6-4-16(5-7-19)8-13(9-16)20-11-12(17)10-18-20/h10-11,13H,4-9H2,1-3H3. The summed E-state index contributed by atoms with van der Waals surface area (Å²) in [6, 6.07) is 0.513. The van der Waals surface area contributed by atoms with E-state index in [9.17, 15) is 4.79 Å². The van der Waals surface area contributed by atoms with Crippen molar-refractivity contribution in [2.24, 2.45) is 5.41 Å². The van der Waals surface area contributed by atoms with Gasteiger partial charge in [0.2, 0.25) is 0 Å². The molecule has 3 rings (SSSR count). The van der Waals surface area contributed by atoms with Gasteiger partial charge in [0.25, 0.3) is 0 Å². The number of ether oxygens (including phenoxy) is 1. The topological polar surface area (TPSA) is 47.4 Å². The minimum Gasteiger partial charge on any atom is -0.444 e. The molecule has 1 aliphatic carbocycles. The van der Waals surface area contributed by atoms with Crippen LogP contribution in [0.25, 0.3) is 0 Å². The molecule has 22 heavy (non-hydrogen) atoms. The lowest BCUT2D eigenvalue weighted by atomic mass is 9.60. The van der Waals surface area contributed by atoms with Gasteiger partial charge < -0.3 is 9.64 Å². The highest BCUT2D eigenvalue weighted by Gasteiger charge is 2.47. The zero-order valence-electron chi connectivity index (χ0n) is 13.5. The summed E-state index contributed by atoms with van der Waals surface area (Å²) >= 11 is 3.45. The first-order valence-corrected chi connectivity index (χ1v) is 8.73. The minimum absolute atomic E-state index is 0.172.